The third kappa shape index (κ3) is 6.28. The Morgan fingerprint density at radius 3 is 2.24 bits per heavy atom. The van der Waals surface area contributed by atoms with Crippen molar-refractivity contribution in [1.82, 2.24) is 10.0 Å². The molecule has 2 amide bonds. The molecular weight excluding hydrogens is 414 g/mol. The Morgan fingerprint density at radius 1 is 0.931 bits per heavy atom. The van der Waals surface area contributed by atoms with Crippen LogP contribution < -0.4 is 15.4 Å². The highest BCUT2D eigenvalue weighted by Gasteiger charge is 2.19. The second-order valence-electron chi connectivity index (χ2n) is 7.08. The van der Waals surface area contributed by atoms with Gasteiger partial charge in [0.2, 0.25) is 10.0 Å². The van der Waals surface area contributed by atoms with Crippen molar-refractivity contribution in [2.45, 2.75) is 44.7 Å². The van der Waals surface area contributed by atoms with E-state index in [0.717, 1.165) is 0 Å². The molecule has 0 saturated heterocycles. The van der Waals surface area contributed by atoms with Gasteiger partial charge in [-0.1, -0.05) is 17.7 Å². The van der Waals surface area contributed by atoms with Gasteiger partial charge in [-0.05, 0) is 64.1 Å². The summed E-state index contributed by atoms with van der Waals surface area (Å²) in [4.78, 5) is 25.1. The molecular formula is C20H24ClN3O4S. The molecule has 0 aromatic heterocycles. The van der Waals surface area contributed by atoms with Crippen LogP contribution in [0.3, 0.4) is 0 Å². The van der Waals surface area contributed by atoms with Gasteiger partial charge in [0.1, 0.15) is 0 Å². The predicted octanol–water partition coefficient (Wildman–Crippen LogP) is 3.42. The van der Waals surface area contributed by atoms with Crippen LogP contribution in [0.1, 0.15) is 48.4 Å². The van der Waals surface area contributed by atoms with Gasteiger partial charge in [-0.15, -0.1) is 0 Å². The van der Waals surface area contributed by atoms with Crippen LogP contribution in [0.15, 0.2) is 47.4 Å². The number of halogens is 1. The molecule has 9 heteroatoms. The number of rotatable bonds is 7. The van der Waals surface area contributed by atoms with Gasteiger partial charge in [-0.25, -0.2) is 13.1 Å². The number of nitrogens with one attached hydrogen (secondary N) is 3. The molecule has 156 valence electrons. The molecule has 0 bridgehead atoms. The zero-order valence-corrected chi connectivity index (χ0v) is 18.2. The maximum atomic E-state index is 12.7. The van der Waals surface area contributed by atoms with E-state index in [2.05, 4.69) is 15.4 Å². The second-order valence-corrected chi connectivity index (χ2v) is 9.23. The first-order valence-corrected chi connectivity index (χ1v) is 10.9. The predicted molar refractivity (Wildman–Crippen MR) is 114 cm³/mol. The molecule has 3 N–H and O–H groups in total. The molecule has 2 aromatic carbocycles. The van der Waals surface area contributed by atoms with E-state index in [1.807, 2.05) is 13.8 Å². The van der Waals surface area contributed by atoms with Gasteiger partial charge in [0.15, 0.2) is 0 Å². The van der Waals surface area contributed by atoms with E-state index in [1.54, 1.807) is 19.9 Å². The Labute approximate surface area is 175 Å². The standard InChI is InChI=1S/C20H24ClN3O4S/c1-12(2)22-20(26)17-9-8-15(21)11-18(17)23-19(25)14-6-5-7-16(10-14)29(27,28)24-13(3)4/h5-13,24H,1-4H3,(H,22,26)(H,23,25). The monoisotopic (exact) mass is 437 g/mol. The molecule has 0 unspecified atom stereocenters. The smallest absolute Gasteiger partial charge is 0.255 e. The first kappa shape index (κ1) is 22.9. The number of sulfonamides is 1. The molecule has 0 saturated carbocycles. The molecule has 0 heterocycles. The maximum absolute atomic E-state index is 12.7. The normalized spacial score (nSPS) is 11.6. The first-order chi connectivity index (χ1) is 13.5. The Balaban J connectivity index is 2.33. The van der Waals surface area contributed by atoms with Crippen molar-refractivity contribution in [3.63, 3.8) is 0 Å². The lowest BCUT2D eigenvalue weighted by Gasteiger charge is -2.14. The Kier molecular flexibility index (Phi) is 7.40. The quantitative estimate of drug-likeness (QED) is 0.617. The van der Waals surface area contributed by atoms with Crippen molar-refractivity contribution >= 4 is 39.1 Å². The highest BCUT2D eigenvalue weighted by molar-refractivity contribution is 7.89. The lowest BCUT2D eigenvalue weighted by Crippen LogP contribution is -2.31. The van der Waals surface area contributed by atoms with Gasteiger partial charge < -0.3 is 10.6 Å². The molecule has 2 aromatic rings. The van der Waals surface area contributed by atoms with Crippen molar-refractivity contribution in [3.05, 3.63) is 58.6 Å². The van der Waals surface area contributed by atoms with Gasteiger partial charge in [0.25, 0.3) is 11.8 Å². The van der Waals surface area contributed by atoms with E-state index in [4.69, 9.17) is 11.6 Å². The second kappa shape index (κ2) is 9.39. The third-order valence-corrected chi connectivity index (χ3v) is 5.58. The fourth-order valence-corrected chi connectivity index (χ4v) is 4.00. The summed E-state index contributed by atoms with van der Waals surface area (Å²) in [5.74, 6) is -0.920. The summed E-state index contributed by atoms with van der Waals surface area (Å²) in [6.45, 7) is 7.06. The van der Waals surface area contributed by atoms with Crippen molar-refractivity contribution in [3.8, 4) is 0 Å². The molecule has 0 fully saturated rings. The number of carbonyl (C=O) groups excluding carboxylic acids is 2. The fraction of sp³-hybridized carbons (Fsp3) is 0.300. The molecule has 0 atom stereocenters. The van der Waals surface area contributed by atoms with Crippen molar-refractivity contribution in [1.29, 1.82) is 0 Å². The van der Waals surface area contributed by atoms with Gasteiger partial charge in [0.05, 0.1) is 16.1 Å². The molecule has 7 nitrogen and oxygen atoms in total. The number of carbonyl (C=O) groups is 2. The lowest BCUT2D eigenvalue weighted by molar-refractivity contribution is 0.0944. The van der Waals surface area contributed by atoms with Gasteiger partial charge in [0, 0.05) is 22.7 Å². The van der Waals surface area contributed by atoms with Crippen LogP contribution in [0.4, 0.5) is 5.69 Å². The third-order valence-electron chi connectivity index (χ3n) is 3.69. The first-order valence-electron chi connectivity index (χ1n) is 9.03. The topological polar surface area (TPSA) is 104 Å². The van der Waals surface area contributed by atoms with E-state index >= 15 is 0 Å². The summed E-state index contributed by atoms with van der Waals surface area (Å²) in [6, 6.07) is 9.82. The van der Waals surface area contributed by atoms with E-state index < -0.39 is 15.9 Å². The number of anilines is 1. The van der Waals surface area contributed by atoms with Gasteiger partial charge in [-0.2, -0.15) is 0 Å². The largest absolute Gasteiger partial charge is 0.350 e. The minimum Gasteiger partial charge on any atom is -0.350 e. The number of amides is 2. The van der Waals surface area contributed by atoms with E-state index in [1.165, 1.54) is 36.4 Å². The number of hydrogen-bond acceptors (Lipinski definition) is 4. The molecule has 29 heavy (non-hydrogen) atoms. The minimum atomic E-state index is -3.75. The Bertz CT molecular complexity index is 1020. The van der Waals surface area contributed by atoms with Crippen molar-refractivity contribution in [2.24, 2.45) is 0 Å². The Morgan fingerprint density at radius 2 is 1.62 bits per heavy atom. The molecule has 0 radical (unpaired) electrons. The lowest BCUT2D eigenvalue weighted by atomic mass is 10.1. The molecule has 2 rings (SSSR count). The van der Waals surface area contributed by atoms with Crippen molar-refractivity contribution < 1.29 is 18.0 Å². The van der Waals surface area contributed by atoms with Crippen molar-refractivity contribution in [2.75, 3.05) is 5.32 Å². The van der Waals surface area contributed by atoms with E-state index in [0.29, 0.717) is 5.02 Å². The van der Waals surface area contributed by atoms with Crippen LogP contribution in [-0.2, 0) is 10.0 Å². The summed E-state index contributed by atoms with van der Waals surface area (Å²) < 4.78 is 27.2. The number of benzene rings is 2. The summed E-state index contributed by atoms with van der Waals surface area (Å²) in [7, 11) is -3.75. The molecule has 0 spiro atoms. The van der Waals surface area contributed by atoms with E-state index in [-0.39, 0.29) is 39.7 Å². The fourth-order valence-electron chi connectivity index (χ4n) is 2.54. The highest BCUT2D eigenvalue weighted by atomic mass is 35.5. The van der Waals surface area contributed by atoms with E-state index in [9.17, 15) is 18.0 Å². The molecule has 0 aliphatic carbocycles. The molecule has 0 aliphatic heterocycles. The number of hydrogen-bond donors (Lipinski definition) is 3. The zero-order chi connectivity index (χ0) is 21.8. The molecule has 0 aliphatic rings. The van der Waals surface area contributed by atoms with Crippen LogP contribution in [0.2, 0.25) is 5.02 Å². The highest BCUT2D eigenvalue weighted by Crippen LogP contribution is 2.22. The summed E-state index contributed by atoms with van der Waals surface area (Å²) in [5.41, 5.74) is 0.614. The van der Waals surface area contributed by atoms with Crippen LogP contribution in [0.5, 0.6) is 0 Å². The zero-order valence-electron chi connectivity index (χ0n) is 16.6. The maximum Gasteiger partial charge on any atom is 0.255 e. The van der Waals surface area contributed by atoms with Crippen LogP contribution in [-0.4, -0.2) is 32.3 Å². The van der Waals surface area contributed by atoms with Gasteiger partial charge in [-0.3, -0.25) is 9.59 Å². The Hall–Kier alpha value is -2.42. The summed E-state index contributed by atoms with van der Waals surface area (Å²) in [6.07, 6.45) is 0. The minimum absolute atomic E-state index is 0.0253. The van der Waals surface area contributed by atoms with Crippen LogP contribution in [0.25, 0.3) is 0 Å². The van der Waals surface area contributed by atoms with Crippen LogP contribution in [0, 0.1) is 0 Å². The average molecular weight is 438 g/mol. The summed E-state index contributed by atoms with van der Waals surface area (Å²) >= 11 is 6.02. The summed E-state index contributed by atoms with van der Waals surface area (Å²) in [5, 5.41) is 5.75. The average Bonchev–Trinajstić information content (AvgIpc) is 2.60. The van der Waals surface area contributed by atoms with Crippen LogP contribution >= 0.6 is 11.6 Å². The van der Waals surface area contributed by atoms with Gasteiger partial charge >= 0.3 is 0 Å². The SMILES string of the molecule is CC(C)NC(=O)c1ccc(Cl)cc1NC(=O)c1cccc(S(=O)(=O)NC(C)C)c1.